The molecule has 0 radical (unpaired) electrons. The van der Waals surface area contributed by atoms with E-state index in [1.165, 1.54) is 12.3 Å². The molecule has 0 spiro atoms. The number of rotatable bonds is 3. The zero-order valence-corrected chi connectivity index (χ0v) is 7.76. The monoisotopic (exact) mass is 222 g/mol. The number of pyridine rings is 1. The molecule has 0 amide bonds. The van der Waals surface area contributed by atoms with Crippen molar-refractivity contribution < 1.29 is 17.6 Å². The minimum Gasteiger partial charge on any atom is -0.323 e. The Labute approximate surface area is 84.1 Å². The molecule has 0 saturated heterocycles. The van der Waals surface area contributed by atoms with Crippen LogP contribution in [0.2, 0.25) is 0 Å². The lowest BCUT2D eigenvalue weighted by Crippen LogP contribution is -2.18. The number of hydrogen-bond donors (Lipinski definition) is 1. The first kappa shape index (κ1) is 11.9. The van der Waals surface area contributed by atoms with Gasteiger partial charge >= 0.3 is 6.18 Å². The lowest BCUT2D eigenvalue weighted by atomic mass is 10.1. The Bertz CT molecular complexity index is 324. The average Bonchev–Trinajstić information content (AvgIpc) is 2.14. The summed E-state index contributed by atoms with van der Waals surface area (Å²) in [6, 6.07) is 1.46. The number of halogens is 4. The fraction of sp³-hybridized carbons (Fsp3) is 0.444. The van der Waals surface area contributed by atoms with Gasteiger partial charge in [-0.25, -0.2) is 4.39 Å². The van der Waals surface area contributed by atoms with Gasteiger partial charge in [0.15, 0.2) is 0 Å². The molecule has 1 atom stereocenters. The van der Waals surface area contributed by atoms with E-state index in [-0.39, 0.29) is 12.1 Å². The van der Waals surface area contributed by atoms with Crippen molar-refractivity contribution in [3.8, 4) is 0 Å². The van der Waals surface area contributed by atoms with Crippen LogP contribution in [-0.4, -0.2) is 11.2 Å². The molecular weight excluding hydrogens is 212 g/mol. The van der Waals surface area contributed by atoms with Gasteiger partial charge in [0.1, 0.15) is 5.82 Å². The van der Waals surface area contributed by atoms with Crippen LogP contribution in [0.3, 0.4) is 0 Å². The standard InChI is InChI=1S/C9H10F4N2/c10-6-2-1-5-15-8(6)7(14)3-4-9(11,12)13/h1-2,5,7H,3-4,14H2. The number of nitrogens with two attached hydrogens (primary N) is 1. The number of hydrogen-bond acceptors (Lipinski definition) is 2. The molecule has 1 unspecified atom stereocenters. The smallest absolute Gasteiger partial charge is 0.323 e. The van der Waals surface area contributed by atoms with Crippen LogP contribution in [0.1, 0.15) is 24.6 Å². The Morgan fingerprint density at radius 3 is 2.60 bits per heavy atom. The van der Waals surface area contributed by atoms with Gasteiger partial charge < -0.3 is 5.73 Å². The van der Waals surface area contributed by atoms with Crippen molar-refractivity contribution in [2.24, 2.45) is 5.73 Å². The van der Waals surface area contributed by atoms with Gasteiger partial charge in [0.25, 0.3) is 0 Å². The fourth-order valence-corrected chi connectivity index (χ4v) is 1.13. The number of aromatic nitrogens is 1. The molecular formula is C9H10F4N2. The first-order valence-electron chi connectivity index (χ1n) is 4.33. The predicted molar refractivity (Wildman–Crippen MR) is 46.4 cm³/mol. The van der Waals surface area contributed by atoms with Gasteiger partial charge in [-0.05, 0) is 18.6 Å². The van der Waals surface area contributed by atoms with E-state index in [0.29, 0.717) is 0 Å². The molecule has 0 aromatic carbocycles. The summed E-state index contributed by atoms with van der Waals surface area (Å²) in [4.78, 5) is 3.61. The SMILES string of the molecule is NC(CCC(F)(F)F)c1ncccc1F. The molecule has 84 valence electrons. The maximum Gasteiger partial charge on any atom is 0.389 e. The number of nitrogens with zero attached hydrogens (tertiary/aromatic N) is 1. The van der Waals surface area contributed by atoms with Crippen LogP contribution in [0, 0.1) is 5.82 Å². The molecule has 0 aliphatic rings. The first-order valence-corrected chi connectivity index (χ1v) is 4.33. The topological polar surface area (TPSA) is 38.9 Å². The van der Waals surface area contributed by atoms with Crippen molar-refractivity contribution in [3.63, 3.8) is 0 Å². The maximum atomic E-state index is 13.0. The molecule has 2 nitrogen and oxygen atoms in total. The zero-order chi connectivity index (χ0) is 11.5. The molecule has 6 heteroatoms. The minimum atomic E-state index is -4.27. The summed E-state index contributed by atoms with van der Waals surface area (Å²) in [6.45, 7) is 0. The number of alkyl halides is 3. The molecule has 1 aromatic rings. The summed E-state index contributed by atoms with van der Waals surface area (Å²) >= 11 is 0. The van der Waals surface area contributed by atoms with Crippen LogP contribution < -0.4 is 5.73 Å². The summed E-state index contributed by atoms with van der Waals surface area (Å²) in [5.41, 5.74) is 5.28. The predicted octanol–water partition coefficient (Wildman–Crippen LogP) is 2.56. The Morgan fingerprint density at radius 2 is 2.07 bits per heavy atom. The Kier molecular flexibility index (Phi) is 3.62. The van der Waals surface area contributed by atoms with Crippen LogP contribution in [0.4, 0.5) is 17.6 Å². The average molecular weight is 222 g/mol. The molecule has 1 heterocycles. The van der Waals surface area contributed by atoms with Gasteiger partial charge in [0, 0.05) is 12.6 Å². The summed E-state index contributed by atoms with van der Waals surface area (Å²) in [7, 11) is 0. The third kappa shape index (κ3) is 3.83. The highest BCUT2D eigenvalue weighted by molar-refractivity contribution is 5.10. The van der Waals surface area contributed by atoms with Gasteiger partial charge in [-0.3, -0.25) is 4.98 Å². The van der Waals surface area contributed by atoms with Crippen LogP contribution in [-0.2, 0) is 0 Å². The molecule has 0 saturated carbocycles. The summed E-state index contributed by atoms with van der Waals surface area (Å²) < 4.78 is 48.6. The molecule has 2 N–H and O–H groups in total. The highest BCUT2D eigenvalue weighted by Crippen LogP contribution is 2.26. The van der Waals surface area contributed by atoms with E-state index in [9.17, 15) is 17.6 Å². The first-order chi connectivity index (χ1) is 6.90. The van der Waals surface area contributed by atoms with E-state index in [2.05, 4.69) is 4.98 Å². The lowest BCUT2D eigenvalue weighted by Gasteiger charge is -2.12. The fourth-order valence-electron chi connectivity index (χ4n) is 1.13. The second-order valence-corrected chi connectivity index (χ2v) is 3.13. The molecule has 1 aromatic heterocycles. The largest absolute Gasteiger partial charge is 0.389 e. The van der Waals surface area contributed by atoms with E-state index in [4.69, 9.17) is 5.73 Å². The van der Waals surface area contributed by atoms with Crippen molar-refractivity contribution in [3.05, 3.63) is 29.8 Å². The second kappa shape index (κ2) is 4.57. The Balaban J connectivity index is 2.62. The molecule has 0 aliphatic carbocycles. The summed E-state index contributed by atoms with van der Waals surface area (Å²) in [5, 5.41) is 0. The van der Waals surface area contributed by atoms with Gasteiger partial charge in [-0.1, -0.05) is 0 Å². The van der Waals surface area contributed by atoms with Crippen LogP contribution in [0.15, 0.2) is 18.3 Å². The normalized spacial score (nSPS) is 13.9. The Morgan fingerprint density at radius 1 is 1.40 bits per heavy atom. The molecule has 1 rings (SSSR count). The van der Waals surface area contributed by atoms with E-state index >= 15 is 0 Å². The van der Waals surface area contributed by atoms with E-state index in [1.807, 2.05) is 0 Å². The Hall–Kier alpha value is -1.17. The van der Waals surface area contributed by atoms with Crippen molar-refractivity contribution in [2.75, 3.05) is 0 Å². The van der Waals surface area contributed by atoms with Gasteiger partial charge in [0.05, 0.1) is 11.7 Å². The second-order valence-electron chi connectivity index (χ2n) is 3.13. The summed E-state index contributed by atoms with van der Waals surface area (Å²) in [5.74, 6) is -0.674. The van der Waals surface area contributed by atoms with Crippen molar-refractivity contribution >= 4 is 0 Å². The third-order valence-corrected chi connectivity index (χ3v) is 1.88. The van der Waals surface area contributed by atoms with Gasteiger partial charge in [0.2, 0.25) is 0 Å². The van der Waals surface area contributed by atoms with Crippen molar-refractivity contribution in [1.29, 1.82) is 0 Å². The van der Waals surface area contributed by atoms with Crippen LogP contribution >= 0.6 is 0 Å². The van der Waals surface area contributed by atoms with Gasteiger partial charge in [-0.15, -0.1) is 0 Å². The third-order valence-electron chi connectivity index (χ3n) is 1.88. The van der Waals surface area contributed by atoms with Gasteiger partial charge in [-0.2, -0.15) is 13.2 Å². The van der Waals surface area contributed by atoms with E-state index < -0.39 is 24.5 Å². The van der Waals surface area contributed by atoms with Crippen LogP contribution in [0.25, 0.3) is 0 Å². The van der Waals surface area contributed by atoms with Crippen molar-refractivity contribution in [2.45, 2.75) is 25.1 Å². The molecule has 0 fully saturated rings. The maximum absolute atomic E-state index is 13.0. The van der Waals surface area contributed by atoms with Crippen LogP contribution in [0.5, 0.6) is 0 Å². The van der Waals surface area contributed by atoms with Crippen molar-refractivity contribution in [1.82, 2.24) is 4.98 Å². The molecule has 0 bridgehead atoms. The highest BCUT2D eigenvalue weighted by Gasteiger charge is 2.28. The lowest BCUT2D eigenvalue weighted by molar-refractivity contribution is -0.136. The molecule has 15 heavy (non-hydrogen) atoms. The van der Waals surface area contributed by atoms with E-state index in [1.54, 1.807) is 0 Å². The highest BCUT2D eigenvalue weighted by atomic mass is 19.4. The minimum absolute atomic E-state index is 0.123. The summed E-state index contributed by atoms with van der Waals surface area (Å²) in [6.07, 6.45) is -4.38. The quantitative estimate of drug-likeness (QED) is 0.798. The van der Waals surface area contributed by atoms with E-state index in [0.717, 1.165) is 6.07 Å². The molecule has 0 aliphatic heterocycles. The zero-order valence-electron chi connectivity index (χ0n) is 7.76.